The molecule has 0 amide bonds. The molecule has 1 spiro atoms. The number of nitrogens with zero attached hydrogens (tertiary/aromatic N) is 2. The van der Waals surface area contributed by atoms with Crippen LogP contribution in [-0.4, -0.2) is 75.2 Å². The van der Waals surface area contributed by atoms with Crippen LogP contribution in [0.4, 0.5) is 0 Å². The van der Waals surface area contributed by atoms with Gasteiger partial charge in [0.05, 0.1) is 19.5 Å². The first-order valence-corrected chi connectivity index (χ1v) is 12.6. The third kappa shape index (κ3) is 4.01. The molecule has 3 fully saturated rings. The molecule has 3 saturated heterocycles. The average molecular weight is 423 g/mol. The van der Waals surface area contributed by atoms with Gasteiger partial charge in [-0.15, -0.1) is 0 Å². The van der Waals surface area contributed by atoms with Crippen molar-refractivity contribution in [1.82, 2.24) is 9.80 Å². The Bertz CT molecular complexity index is 814. The van der Waals surface area contributed by atoms with Gasteiger partial charge in [0.1, 0.15) is 4.75 Å². The Morgan fingerprint density at radius 1 is 1.10 bits per heavy atom. The van der Waals surface area contributed by atoms with Gasteiger partial charge in [0.15, 0.2) is 21.3 Å². The van der Waals surface area contributed by atoms with Crippen LogP contribution in [0.15, 0.2) is 18.2 Å². The first-order chi connectivity index (χ1) is 14.0. The number of piperidine rings is 1. The molecule has 0 saturated carbocycles. The summed E-state index contributed by atoms with van der Waals surface area (Å²) in [7, 11) is -1.37. The Kier molecular flexibility index (Phi) is 6.09. The topological polar surface area (TPSA) is 59.1 Å². The number of ether oxygens (including phenoxy) is 2. The summed E-state index contributed by atoms with van der Waals surface area (Å²) in [6.07, 6.45) is 4.63. The monoisotopic (exact) mass is 422 g/mol. The quantitative estimate of drug-likeness (QED) is 0.673. The summed E-state index contributed by atoms with van der Waals surface area (Å²) < 4.78 is 36.4. The molecule has 6 nitrogen and oxygen atoms in total. The molecule has 1 aromatic rings. The molecule has 162 valence electrons. The molecule has 1 atom stereocenters. The van der Waals surface area contributed by atoms with Crippen LogP contribution in [-0.2, 0) is 16.4 Å². The van der Waals surface area contributed by atoms with Crippen LogP contribution in [0.3, 0.4) is 0 Å². The molecular weight excluding hydrogens is 388 g/mol. The summed E-state index contributed by atoms with van der Waals surface area (Å²) in [5.41, 5.74) is 1.13. The van der Waals surface area contributed by atoms with Crippen molar-refractivity contribution in [3.63, 3.8) is 0 Å². The fourth-order valence-electron chi connectivity index (χ4n) is 5.35. The summed E-state index contributed by atoms with van der Waals surface area (Å²) in [6.45, 7) is 7.81. The van der Waals surface area contributed by atoms with Crippen LogP contribution in [0.5, 0.6) is 11.5 Å². The van der Waals surface area contributed by atoms with Crippen molar-refractivity contribution >= 4 is 9.84 Å². The molecule has 4 rings (SSSR count). The lowest BCUT2D eigenvalue weighted by Gasteiger charge is -2.51. The zero-order chi connectivity index (χ0) is 20.5. The number of hydrogen-bond donors (Lipinski definition) is 0. The van der Waals surface area contributed by atoms with Gasteiger partial charge in [-0.1, -0.05) is 12.5 Å². The van der Waals surface area contributed by atoms with Crippen LogP contribution in [0, 0.1) is 5.92 Å². The Morgan fingerprint density at radius 3 is 2.55 bits per heavy atom. The fraction of sp³-hybridized carbons (Fsp3) is 0.727. The SMILES string of the molecule is CCOc1ccc(CN2CC3(C2)C(CN2CCCCC2)CCS3(=O)=O)cc1OC. The van der Waals surface area contributed by atoms with E-state index in [2.05, 4.69) is 9.80 Å². The van der Waals surface area contributed by atoms with Gasteiger partial charge < -0.3 is 14.4 Å². The zero-order valence-electron chi connectivity index (χ0n) is 17.7. The fourth-order valence-corrected chi connectivity index (χ4v) is 7.81. The Balaban J connectivity index is 1.42. The lowest BCUT2D eigenvalue weighted by atomic mass is 9.82. The molecule has 7 heteroatoms. The van der Waals surface area contributed by atoms with E-state index < -0.39 is 14.6 Å². The predicted molar refractivity (Wildman–Crippen MR) is 114 cm³/mol. The van der Waals surface area contributed by atoms with Gasteiger partial charge >= 0.3 is 0 Å². The lowest BCUT2D eigenvalue weighted by molar-refractivity contribution is 0.0585. The molecule has 1 aromatic carbocycles. The second kappa shape index (κ2) is 8.44. The maximum atomic E-state index is 13.0. The van der Waals surface area contributed by atoms with E-state index in [1.165, 1.54) is 19.3 Å². The minimum Gasteiger partial charge on any atom is -0.493 e. The van der Waals surface area contributed by atoms with Gasteiger partial charge in [0, 0.05) is 26.2 Å². The highest BCUT2D eigenvalue weighted by atomic mass is 32.2. The summed E-state index contributed by atoms with van der Waals surface area (Å²) in [4.78, 5) is 4.76. The standard InChI is InChI=1S/C22H34N2O4S/c1-3-28-20-8-7-18(13-21(20)27-2)14-24-16-22(17-24)19(9-12-29(22,25)26)15-23-10-5-4-6-11-23/h7-8,13,19H,3-6,9-12,14-17H2,1-2H3. The molecular formula is C22H34N2O4S. The van der Waals surface area contributed by atoms with Crippen molar-refractivity contribution in [2.75, 3.05) is 52.2 Å². The van der Waals surface area contributed by atoms with E-state index in [0.717, 1.165) is 49.7 Å². The molecule has 29 heavy (non-hydrogen) atoms. The summed E-state index contributed by atoms with van der Waals surface area (Å²) in [6, 6.07) is 6.00. The Hall–Kier alpha value is -1.31. The van der Waals surface area contributed by atoms with Gasteiger partial charge in [-0.25, -0.2) is 8.42 Å². The van der Waals surface area contributed by atoms with Crippen molar-refractivity contribution in [3.05, 3.63) is 23.8 Å². The summed E-state index contributed by atoms with van der Waals surface area (Å²) in [5, 5.41) is 0. The number of rotatable bonds is 7. The van der Waals surface area contributed by atoms with Crippen molar-refractivity contribution in [2.24, 2.45) is 5.92 Å². The minimum atomic E-state index is -3.01. The highest BCUT2D eigenvalue weighted by molar-refractivity contribution is 7.93. The molecule has 0 aromatic heterocycles. The molecule has 3 aliphatic heterocycles. The van der Waals surface area contributed by atoms with Crippen LogP contribution < -0.4 is 9.47 Å². The minimum absolute atomic E-state index is 0.275. The molecule has 3 heterocycles. The van der Waals surface area contributed by atoms with Crippen LogP contribution in [0.25, 0.3) is 0 Å². The Morgan fingerprint density at radius 2 is 1.86 bits per heavy atom. The zero-order valence-corrected chi connectivity index (χ0v) is 18.5. The van der Waals surface area contributed by atoms with Crippen molar-refractivity contribution < 1.29 is 17.9 Å². The number of methoxy groups -OCH3 is 1. The van der Waals surface area contributed by atoms with Gasteiger partial charge in [-0.05, 0) is 62.9 Å². The maximum absolute atomic E-state index is 13.0. The van der Waals surface area contributed by atoms with Crippen LogP contribution in [0.2, 0.25) is 0 Å². The van der Waals surface area contributed by atoms with E-state index in [4.69, 9.17) is 9.47 Å². The molecule has 0 N–H and O–H groups in total. The lowest BCUT2D eigenvalue weighted by Crippen LogP contribution is -2.67. The number of hydrogen-bond acceptors (Lipinski definition) is 6. The van der Waals surface area contributed by atoms with Crippen LogP contribution in [0.1, 0.15) is 38.2 Å². The largest absolute Gasteiger partial charge is 0.493 e. The number of likely N-dealkylation sites (tertiary alicyclic amines) is 2. The third-order valence-electron chi connectivity index (χ3n) is 6.94. The van der Waals surface area contributed by atoms with Crippen LogP contribution >= 0.6 is 0 Å². The van der Waals surface area contributed by atoms with Crippen molar-refractivity contribution in [1.29, 1.82) is 0 Å². The highest BCUT2D eigenvalue weighted by Crippen LogP contribution is 2.45. The molecule has 3 aliphatic rings. The van der Waals surface area contributed by atoms with E-state index in [-0.39, 0.29) is 5.92 Å². The van der Waals surface area contributed by atoms with Gasteiger partial charge in [0.2, 0.25) is 0 Å². The van der Waals surface area contributed by atoms with E-state index in [0.29, 0.717) is 25.4 Å². The van der Waals surface area contributed by atoms with Crippen molar-refractivity contribution in [2.45, 2.75) is 43.9 Å². The maximum Gasteiger partial charge on any atom is 0.161 e. The second-order valence-electron chi connectivity index (χ2n) is 8.79. The smallest absolute Gasteiger partial charge is 0.161 e. The van der Waals surface area contributed by atoms with Gasteiger partial charge in [-0.2, -0.15) is 0 Å². The Labute approximate surface area is 175 Å². The summed E-state index contributed by atoms with van der Waals surface area (Å²) in [5.74, 6) is 2.11. The van der Waals surface area contributed by atoms with Gasteiger partial charge in [-0.3, -0.25) is 4.90 Å². The molecule has 0 bridgehead atoms. The van der Waals surface area contributed by atoms with Gasteiger partial charge in [0.25, 0.3) is 0 Å². The average Bonchev–Trinajstić information content (AvgIpc) is 2.94. The number of sulfone groups is 1. The van der Waals surface area contributed by atoms with E-state index in [9.17, 15) is 8.42 Å². The second-order valence-corrected chi connectivity index (χ2v) is 11.2. The molecule has 0 radical (unpaired) electrons. The predicted octanol–water partition coefficient (Wildman–Crippen LogP) is 2.57. The number of benzene rings is 1. The normalized spacial score (nSPS) is 26.3. The van der Waals surface area contributed by atoms with E-state index in [1.54, 1.807) is 7.11 Å². The molecule has 1 unspecified atom stereocenters. The van der Waals surface area contributed by atoms with Crippen molar-refractivity contribution in [3.8, 4) is 11.5 Å². The highest BCUT2D eigenvalue weighted by Gasteiger charge is 2.61. The molecule has 0 aliphatic carbocycles. The summed E-state index contributed by atoms with van der Waals surface area (Å²) >= 11 is 0. The van der Waals surface area contributed by atoms with E-state index in [1.807, 2.05) is 25.1 Å². The third-order valence-corrected chi connectivity index (χ3v) is 9.55. The van der Waals surface area contributed by atoms with E-state index >= 15 is 0 Å². The first kappa shape index (κ1) is 20.9. The first-order valence-electron chi connectivity index (χ1n) is 10.9.